The summed E-state index contributed by atoms with van der Waals surface area (Å²) in [6.07, 6.45) is 0. The van der Waals surface area contributed by atoms with Gasteiger partial charge in [0, 0.05) is 43.1 Å². The molecule has 0 atom stereocenters. The number of guanidine groups is 1. The molecule has 168 valence electrons. The lowest BCUT2D eigenvalue weighted by molar-refractivity contribution is 0.182. The van der Waals surface area contributed by atoms with Gasteiger partial charge in [-0.3, -0.25) is 4.68 Å². The molecule has 1 heterocycles. The molecule has 0 unspecified atom stereocenters. The van der Waals surface area contributed by atoms with Crippen LogP contribution in [0.15, 0.2) is 23.2 Å². The van der Waals surface area contributed by atoms with Crippen LogP contribution in [0.1, 0.15) is 29.4 Å². The lowest BCUT2D eigenvalue weighted by Gasteiger charge is -2.13. The summed E-state index contributed by atoms with van der Waals surface area (Å²) in [5.41, 5.74) is 4.32. The number of aromatic nitrogens is 2. The maximum Gasteiger partial charge on any atom is 0.191 e. The van der Waals surface area contributed by atoms with E-state index in [0.717, 1.165) is 47.5 Å². The zero-order valence-corrected chi connectivity index (χ0v) is 21.1. The van der Waals surface area contributed by atoms with Gasteiger partial charge in [0.05, 0.1) is 39.6 Å². The van der Waals surface area contributed by atoms with Crippen LogP contribution in [0.5, 0.6) is 11.5 Å². The molecule has 0 fully saturated rings. The van der Waals surface area contributed by atoms with E-state index in [4.69, 9.17) is 19.2 Å². The van der Waals surface area contributed by atoms with E-state index in [1.54, 1.807) is 21.3 Å². The third-order valence-corrected chi connectivity index (χ3v) is 4.72. The molecule has 0 aliphatic heterocycles. The molecule has 2 aromatic rings. The monoisotopic (exact) mass is 531 g/mol. The quantitative estimate of drug-likeness (QED) is 0.279. The summed E-state index contributed by atoms with van der Waals surface area (Å²) in [6, 6.07) is 5.75. The van der Waals surface area contributed by atoms with Crippen molar-refractivity contribution in [3.63, 3.8) is 0 Å². The fourth-order valence-electron chi connectivity index (χ4n) is 3.05. The maximum absolute atomic E-state index is 5.46. The zero-order chi connectivity index (χ0) is 21.2. The Morgan fingerprint density at radius 3 is 2.53 bits per heavy atom. The van der Waals surface area contributed by atoms with Gasteiger partial charge >= 0.3 is 0 Å². The van der Waals surface area contributed by atoms with Crippen molar-refractivity contribution in [3.8, 4) is 11.5 Å². The summed E-state index contributed by atoms with van der Waals surface area (Å²) < 4.78 is 17.9. The van der Waals surface area contributed by atoms with Crippen molar-refractivity contribution in [2.75, 3.05) is 34.5 Å². The van der Waals surface area contributed by atoms with Crippen LogP contribution in [0, 0.1) is 13.8 Å². The Morgan fingerprint density at radius 1 is 1.13 bits per heavy atom. The molecule has 30 heavy (non-hydrogen) atoms. The zero-order valence-electron chi connectivity index (χ0n) is 18.7. The minimum atomic E-state index is 0. The Balaban J connectivity index is 0.00000450. The molecule has 2 rings (SSSR count). The minimum absolute atomic E-state index is 0. The summed E-state index contributed by atoms with van der Waals surface area (Å²) >= 11 is 0. The summed E-state index contributed by atoms with van der Waals surface area (Å²) in [6.45, 7) is 9.46. The van der Waals surface area contributed by atoms with Crippen molar-refractivity contribution < 1.29 is 14.2 Å². The van der Waals surface area contributed by atoms with E-state index in [9.17, 15) is 0 Å². The normalized spacial score (nSPS) is 11.1. The van der Waals surface area contributed by atoms with Crippen LogP contribution in [-0.2, 0) is 24.4 Å². The highest BCUT2D eigenvalue weighted by molar-refractivity contribution is 14.0. The van der Waals surface area contributed by atoms with Gasteiger partial charge in [-0.15, -0.1) is 24.0 Å². The van der Waals surface area contributed by atoms with Crippen molar-refractivity contribution in [2.24, 2.45) is 4.99 Å². The molecule has 1 aromatic heterocycles. The Hall–Kier alpha value is -2.01. The van der Waals surface area contributed by atoms with E-state index < -0.39 is 0 Å². The second kappa shape index (κ2) is 13.3. The predicted molar refractivity (Wildman–Crippen MR) is 130 cm³/mol. The second-order valence-electron chi connectivity index (χ2n) is 6.59. The van der Waals surface area contributed by atoms with Gasteiger partial charge in [-0.2, -0.15) is 5.10 Å². The van der Waals surface area contributed by atoms with Crippen molar-refractivity contribution in [3.05, 3.63) is 40.7 Å². The summed E-state index contributed by atoms with van der Waals surface area (Å²) in [5.74, 6) is 2.26. The molecule has 0 spiro atoms. The van der Waals surface area contributed by atoms with Gasteiger partial charge in [-0.05, 0) is 32.9 Å². The highest BCUT2D eigenvalue weighted by atomic mass is 127. The number of ether oxygens (including phenoxy) is 3. The van der Waals surface area contributed by atoms with Crippen molar-refractivity contribution in [1.29, 1.82) is 0 Å². The number of aliphatic imine (C=N–C) groups is 1. The molecular weight excluding hydrogens is 497 g/mol. The van der Waals surface area contributed by atoms with Gasteiger partial charge < -0.3 is 24.8 Å². The third-order valence-electron chi connectivity index (χ3n) is 4.72. The maximum atomic E-state index is 5.46. The van der Waals surface area contributed by atoms with E-state index in [-0.39, 0.29) is 24.0 Å². The molecule has 8 nitrogen and oxygen atoms in total. The first-order valence-electron chi connectivity index (χ1n) is 9.78. The fraction of sp³-hybridized carbons (Fsp3) is 0.524. The summed E-state index contributed by atoms with van der Waals surface area (Å²) in [5, 5.41) is 11.3. The Labute approximate surface area is 196 Å². The molecule has 0 aliphatic rings. The van der Waals surface area contributed by atoms with Gasteiger partial charge in [0.1, 0.15) is 11.5 Å². The van der Waals surface area contributed by atoms with E-state index in [1.165, 1.54) is 5.56 Å². The van der Waals surface area contributed by atoms with Crippen LogP contribution in [-0.4, -0.2) is 50.2 Å². The van der Waals surface area contributed by atoms with E-state index in [1.807, 2.05) is 36.7 Å². The van der Waals surface area contributed by atoms with Crippen molar-refractivity contribution >= 4 is 29.9 Å². The number of hydrogen-bond donors (Lipinski definition) is 2. The lowest BCUT2D eigenvalue weighted by atomic mass is 10.2. The van der Waals surface area contributed by atoms with Crippen LogP contribution >= 0.6 is 24.0 Å². The molecule has 1 aromatic carbocycles. The molecule has 0 aliphatic carbocycles. The lowest BCUT2D eigenvalue weighted by Crippen LogP contribution is -2.37. The topological polar surface area (TPSA) is 81.9 Å². The highest BCUT2D eigenvalue weighted by Gasteiger charge is 2.12. The Bertz CT molecular complexity index is 823. The van der Waals surface area contributed by atoms with E-state index in [0.29, 0.717) is 19.7 Å². The van der Waals surface area contributed by atoms with Gasteiger partial charge in [-0.1, -0.05) is 0 Å². The first-order chi connectivity index (χ1) is 14.0. The number of methoxy groups -OCH3 is 3. The first-order valence-corrected chi connectivity index (χ1v) is 9.78. The van der Waals surface area contributed by atoms with Gasteiger partial charge in [-0.25, -0.2) is 4.99 Å². The van der Waals surface area contributed by atoms with Crippen LogP contribution in [0.25, 0.3) is 0 Å². The average molecular weight is 531 g/mol. The molecule has 0 saturated carbocycles. The number of benzene rings is 1. The Morgan fingerprint density at radius 2 is 1.90 bits per heavy atom. The molecule has 0 bridgehead atoms. The number of nitrogens with zero attached hydrogens (tertiary/aromatic N) is 3. The number of hydrogen-bond acceptors (Lipinski definition) is 5. The smallest absolute Gasteiger partial charge is 0.191 e. The van der Waals surface area contributed by atoms with Crippen molar-refractivity contribution in [2.45, 2.75) is 40.4 Å². The number of aryl methyl sites for hydroxylation is 1. The SMILES string of the molecule is CCNC(=NCc1ccc(OC)cc1OC)NCc1c(C)nn(CCOC)c1C.I. The van der Waals surface area contributed by atoms with Gasteiger partial charge in [0.15, 0.2) is 5.96 Å². The van der Waals surface area contributed by atoms with E-state index in [2.05, 4.69) is 22.7 Å². The molecule has 0 radical (unpaired) electrons. The fourth-order valence-corrected chi connectivity index (χ4v) is 3.05. The predicted octanol–water partition coefficient (Wildman–Crippen LogP) is 3.04. The van der Waals surface area contributed by atoms with Crippen molar-refractivity contribution in [1.82, 2.24) is 20.4 Å². The first kappa shape index (κ1) is 26.0. The third kappa shape index (κ3) is 7.05. The molecule has 0 saturated heterocycles. The molecule has 2 N–H and O–H groups in total. The van der Waals surface area contributed by atoms with Crippen LogP contribution in [0.2, 0.25) is 0 Å². The number of nitrogens with one attached hydrogen (secondary N) is 2. The number of halogens is 1. The largest absolute Gasteiger partial charge is 0.497 e. The standard InChI is InChI=1S/C21H33N5O3.HI/c1-7-22-21(23-13-17-8-9-18(28-5)12-20(17)29-6)24-14-19-15(2)25-26(16(19)3)10-11-27-4;/h8-9,12H,7,10-11,13-14H2,1-6H3,(H2,22,23,24);1H. The average Bonchev–Trinajstić information content (AvgIpc) is 3.01. The summed E-state index contributed by atoms with van der Waals surface area (Å²) in [4.78, 5) is 4.71. The van der Waals surface area contributed by atoms with Crippen LogP contribution < -0.4 is 20.1 Å². The number of rotatable bonds is 10. The second-order valence-corrected chi connectivity index (χ2v) is 6.59. The minimum Gasteiger partial charge on any atom is -0.497 e. The molecule has 9 heteroatoms. The van der Waals surface area contributed by atoms with Crippen LogP contribution in [0.4, 0.5) is 0 Å². The van der Waals surface area contributed by atoms with Crippen LogP contribution in [0.3, 0.4) is 0 Å². The van der Waals surface area contributed by atoms with Gasteiger partial charge in [0.2, 0.25) is 0 Å². The highest BCUT2D eigenvalue weighted by Crippen LogP contribution is 2.25. The molecular formula is C21H34IN5O3. The Kier molecular flexibility index (Phi) is 11.6. The molecule has 0 amide bonds. The van der Waals surface area contributed by atoms with E-state index >= 15 is 0 Å². The summed E-state index contributed by atoms with van der Waals surface area (Å²) in [7, 11) is 4.99. The van der Waals surface area contributed by atoms with Gasteiger partial charge in [0.25, 0.3) is 0 Å².